The molecule has 3 unspecified atom stereocenters. The number of benzene rings is 1. The van der Waals surface area contributed by atoms with Gasteiger partial charge >= 0.3 is 0 Å². The van der Waals surface area contributed by atoms with E-state index in [1.807, 2.05) is 0 Å². The van der Waals surface area contributed by atoms with Gasteiger partial charge < -0.3 is 5.32 Å². The third-order valence-corrected chi connectivity index (χ3v) is 5.27. The van der Waals surface area contributed by atoms with E-state index in [1.165, 1.54) is 24.0 Å². The minimum atomic E-state index is -0.693. The summed E-state index contributed by atoms with van der Waals surface area (Å²) in [5.41, 5.74) is 3.01. The standard InChI is InChI=1S/C15H23NOS/c1-12(18(2)17)9-10-16-15-8-7-13-5-3-4-6-14(13)11-15/h3-6,12,15-16H,7-11H2,1-2H3. The van der Waals surface area contributed by atoms with Crippen molar-refractivity contribution in [1.82, 2.24) is 5.32 Å². The summed E-state index contributed by atoms with van der Waals surface area (Å²) in [7, 11) is -0.693. The monoisotopic (exact) mass is 265 g/mol. The van der Waals surface area contributed by atoms with Gasteiger partial charge in [-0.05, 0) is 43.4 Å². The average Bonchev–Trinajstić information content (AvgIpc) is 2.38. The van der Waals surface area contributed by atoms with Crippen LogP contribution in [0.1, 0.15) is 30.9 Å². The number of fused-ring (bicyclic) bond motifs is 1. The van der Waals surface area contributed by atoms with Gasteiger partial charge in [-0.15, -0.1) is 0 Å². The maximum absolute atomic E-state index is 11.3. The second-order valence-electron chi connectivity index (χ2n) is 5.26. The van der Waals surface area contributed by atoms with Crippen molar-refractivity contribution in [1.29, 1.82) is 0 Å². The highest BCUT2D eigenvalue weighted by Crippen LogP contribution is 2.20. The molecule has 100 valence electrons. The summed E-state index contributed by atoms with van der Waals surface area (Å²) in [5, 5.41) is 3.91. The van der Waals surface area contributed by atoms with Crippen LogP contribution >= 0.6 is 0 Å². The maximum Gasteiger partial charge on any atom is 0.0329 e. The molecule has 3 atom stereocenters. The van der Waals surface area contributed by atoms with Gasteiger partial charge in [-0.25, -0.2) is 0 Å². The number of rotatable bonds is 5. The summed E-state index contributed by atoms with van der Waals surface area (Å²) in [6.45, 7) is 3.04. The van der Waals surface area contributed by atoms with Gasteiger partial charge in [0, 0.05) is 28.3 Å². The van der Waals surface area contributed by atoms with Gasteiger partial charge in [0.2, 0.25) is 0 Å². The Morgan fingerprint density at radius 1 is 1.39 bits per heavy atom. The Hall–Kier alpha value is -0.670. The van der Waals surface area contributed by atoms with E-state index >= 15 is 0 Å². The molecule has 3 heteroatoms. The molecule has 0 saturated carbocycles. The SMILES string of the molecule is CC(CCNC1CCc2ccccc2C1)S(C)=O. The smallest absolute Gasteiger partial charge is 0.0329 e. The summed E-state index contributed by atoms with van der Waals surface area (Å²) in [4.78, 5) is 0. The largest absolute Gasteiger partial charge is 0.314 e. The Kier molecular flexibility index (Phi) is 4.95. The predicted molar refractivity (Wildman–Crippen MR) is 78.4 cm³/mol. The fourth-order valence-corrected chi connectivity index (χ4v) is 2.98. The van der Waals surface area contributed by atoms with Crippen molar-refractivity contribution in [3.05, 3.63) is 35.4 Å². The zero-order valence-corrected chi connectivity index (χ0v) is 12.1. The molecule has 2 nitrogen and oxygen atoms in total. The fraction of sp³-hybridized carbons (Fsp3) is 0.600. The van der Waals surface area contributed by atoms with Gasteiger partial charge in [-0.3, -0.25) is 4.21 Å². The average molecular weight is 265 g/mol. The number of hydrogen-bond donors (Lipinski definition) is 1. The second kappa shape index (κ2) is 6.48. The summed E-state index contributed by atoms with van der Waals surface area (Å²) >= 11 is 0. The molecule has 0 fully saturated rings. The first-order valence-electron chi connectivity index (χ1n) is 6.79. The lowest BCUT2D eigenvalue weighted by Crippen LogP contribution is -2.36. The molecule has 1 aliphatic rings. The zero-order chi connectivity index (χ0) is 13.0. The van der Waals surface area contributed by atoms with Crippen molar-refractivity contribution >= 4 is 10.8 Å². The third-order valence-electron chi connectivity index (χ3n) is 3.90. The molecular weight excluding hydrogens is 242 g/mol. The molecule has 1 aliphatic carbocycles. The van der Waals surface area contributed by atoms with E-state index < -0.39 is 10.8 Å². The Bertz CT molecular complexity index is 419. The molecule has 0 heterocycles. The van der Waals surface area contributed by atoms with E-state index in [-0.39, 0.29) is 0 Å². The summed E-state index contributed by atoms with van der Waals surface area (Å²) in [6.07, 6.45) is 6.34. The molecular formula is C15H23NOS. The topological polar surface area (TPSA) is 29.1 Å². The second-order valence-corrected chi connectivity index (χ2v) is 7.06. The zero-order valence-electron chi connectivity index (χ0n) is 11.3. The summed E-state index contributed by atoms with van der Waals surface area (Å²) in [6, 6.07) is 9.34. The van der Waals surface area contributed by atoms with Crippen LogP contribution in [0.3, 0.4) is 0 Å². The van der Waals surface area contributed by atoms with E-state index in [2.05, 4.69) is 36.5 Å². The summed E-state index contributed by atoms with van der Waals surface area (Å²) in [5.74, 6) is 0. The van der Waals surface area contributed by atoms with E-state index in [4.69, 9.17) is 0 Å². The molecule has 0 radical (unpaired) electrons. The van der Waals surface area contributed by atoms with Crippen LogP contribution in [0, 0.1) is 0 Å². The highest BCUT2D eigenvalue weighted by molar-refractivity contribution is 7.84. The number of nitrogens with one attached hydrogen (secondary N) is 1. The first kappa shape index (κ1) is 13.8. The van der Waals surface area contributed by atoms with Gasteiger partial charge in [0.25, 0.3) is 0 Å². The van der Waals surface area contributed by atoms with Crippen LogP contribution in [0.15, 0.2) is 24.3 Å². The minimum absolute atomic E-state index is 0.299. The molecule has 0 spiro atoms. The van der Waals surface area contributed by atoms with Crippen LogP contribution < -0.4 is 5.32 Å². The Labute approximate surface area is 113 Å². The van der Waals surface area contributed by atoms with E-state index in [0.717, 1.165) is 19.4 Å². The minimum Gasteiger partial charge on any atom is -0.314 e. The molecule has 0 amide bonds. The maximum atomic E-state index is 11.3. The van der Waals surface area contributed by atoms with Gasteiger partial charge in [0.15, 0.2) is 0 Å². The lowest BCUT2D eigenvalue weighted by Gasteiger charge is -2.26. The third kappa shape index (κ3) is 3.66. The van der Waals surface area contributed by atoms with Crippen molar-refractivity contribution in [2.75, 3.05) is 12.8 Å². The summed E-state index contributed by atoms with van der Waals surface area (Å²) < 4.78 is 11.3. The quantitative estimate of drug-likeness (QED) is 0.885. The van der Waals surface area contributed by atoms with Gasteiger partial charge in [0.1, 0.15) is 0 Å². The molecule has 1 aromatic carbocycles. The normalized spacial score (nSPS) is 22.2. The highest BCUT2D eigenvalue weighted by Gasteiger charge is 2.17. The van der Waals surface area contributed by atoms with Crippen molar-refractivity contribution < 1.29 is 4.21 Å². The lowest BCUT2D eigenvalue weighted by atomic mass is 9.88. The van der Waals surface area contributed by atoms with E-state index in [1.54, 1.807) is 6.26 Å². The highest BCUT2D eigenvalue weighted by atomic mass is 32.2. The fourth-order valence-electron chi connectivity index (χ4n) is 2.53. The van der Waals surface area contributed by atoms with Crippen LogP contribution in [-0.4, -0.2) is 28.3 Å². The molecule has 1 N–H and O–H groups in total. The van der Waals surface area contributed by atoms with Crippen LogP contribution in [0.25, 0.3) is 0 Å². The lowest BCUT2D eigenvalue weighted by molar-refractivity contribution is 0.453. The first-order chi connectivity index (χ1) is 8.66. The first-order valence-corrected chi connectivity index (χ1v) is 8.41. The molecule has 18 heavy (non-hydrogen) atoms. The molecule has 0 saturated heterocycles. The molecule has 1 aromatic rings. The van der Waals surface area contributed by atoms with Crippen molar-refractivity contribution in [3.8, 4) is 0 Å². The predicted octanol–water partition coefficient (Wildman–Crippen LogP) is 2.29. The van der Waals surface area contributed by atoms with Crippen molar-refractivity contribution in [2.45, 2.75) is 43.9 Å². The van der Waals surface area contributed by atoms with Crippen LogP contribution in [0.5, 0.6) is 0 Å². The van der Waals surface area contributed by atoms with Gasteiger partial charge in [0.05, 0.1) is 0 Å². The van der Waals surface area contributed by atoms with E-state index in [9.17, 15) is 4.21 Å². The van der Waals surface area contributed by atoms with Crippen LogP contribution in [0.2, 0.25) is 0 Å². The van der Waals surface area contributed by atoms with Crippen LogP contribution in [0.4, 0.5) is 0 Å². The number of aryl methyl sites for hydroxylation is 1. The molecule has 0 bridgehead atoms. The van der Waals surface area contributed by atoms with Crippen LogP contribution in [-0.2, 0) is 23.6 Å². The van der Waals surface area contributed by atoms with Crippen molar-refractivity contribution in [3.63, 3.8) is 0 Å². The number of hydrogen-bond acceptors (Lipinski definition) is 2. The Morgan fingerprint density at radius 2 is 2.11 bits per heavy atom. The molecule has 0 aromatic heterocycles. The van der Waals surface area contributed by atoms with E-state index in [0.29, 0.717) is 11.3 Å². The Morgan fingerprint density at radius 3 is 2.83 bits per heavy atom. The van der Waals surface area contributed by atoms with Crippen molar-refractivity contribution in [2.24, 2.45) is 0 Å². The van der Waals surface area contributed by atoms with Gasteiger partial charge in [-0.2, -0.15) is 0 Å². The van der Waals surface area contributed by atoms with Gasteiger partial charge in [-0.1, -0.05) is 31.2 Å². The molecule has 2 rings (SSSR count). The Balaban J connectivity index is 1.78. The molecule has 0 aliphatic heterocycles.